The summed E-state index contributed by atoms with van der Waals surface area (Å²) in [5.41, 5.74) is 3.52. The van der Waals surface area contributed by atoms with Crippen LogP contribution in [0.2, 0.25) is 5.02 Å². The fourth-order valence-electron chi connectivity index (χ4n) is 3.10. The van der Waals surface area contributed by atoms with Crippen molar-refractivity contribution >= 4 is 46.5 Å². The van der Waals surface area contributed by atoms with Gasteiger partial charge >= 0.3 is 0 Å². The number of nitrogens with one attached hydrogen (secondary N) is 3. The average molecular weight is 499 g/mol. The number of anilines is 2. The number of aromatic nitrogens is 2. The lowest BCUT2D eigenvalue weighted by Gasteiger charge is -2.15. The predicted molar refractivity (Wildman–Crippen MR) is 141 cm³/mol. The Morgan fingerprint density at radius 3 is 2.15 bits per heavy atom. The van der Waals surface area contributed by atoms with Gasteiger partial charge in [-0.05, 0) is 56.2 Å². The number of ether oxygens (including phenoxy) is 2. The minimum atomic E-state index is 0.331. The zero-order chi connectivity index (χ0) is 24.5. The number of thiocarbonyl (C=S) groups is 1. The van der Waals surface area contributed by atoms with Gasteiger partial charge in [0.2, 0.25) is 11.9 Å². The number of benzene rings is 2. The average Bonchev–Trinajstić information content (AvgIpc) is 2.79. The number of guanidine groups is 1. The first-order chi connectivity index (χ1) is 16.3. The Morgan fingerprint density at radius 2 is 1.56 bits per heavy atom. The van der Waals surface area contributed by atoms with Gasteiger partial charge < -0.3 is 20.1 Å². The molecule has 0 aliphatic rings. The molecule has 0 amide bonds. The summed E-state index contributed by atoms with van der Waals surface area (Å²) in [6, 6.07) is 15.0. The molecule has 178 valence electrons. The Morgan fingerprint density at radius 1 is 0.941 bits per heavy atom. The van der Waals surface area contributed by atoms with Crippen LogP contribution >= 0.6 is 23.8 Å². The van der Waals surface area contributed by atoms with Crippen LogP contribution in [0, 0.1) is 13.8 Å². The van der Waals surface area contributed by atoms with Gasteiger partial charge in [-0.25, -0.2) is 9.97 Å². The summed E-state index contributed by atoms with van der Waals surface area (Å²) in [5, 5.41) is 10.4. The van der Waals surface area contributed by atoms with E-state index in [-0.39, 0.29) is 0 Å². The zero-order valence-corrected chi connectivity index (χ0v) is 21.0. The first-order valence-electron chi connectivity index (χ1n) is 10.5. The largest absolute Gasteiger partial charge is 0.497 e. The van der Waals surface area contributed by atoms with Gasteiger partial charge in [0.25, 0.3) is 0 Å². The van der Waals surface area contributed by atoms with Crippen molar-refractivity contribution in [1.82, 2.24) is 15.3 Å². The molecule has 0 bridgehead atoms. The maximum Gasteiger partial charge on any atom is 0.229 e. The van der Waals surface area contributed by atoms with Crippen molar-refractivity contribution in [3.8, 4) is 11.5 Å². The first-order valence-corrected chi connectivity index (χ1v) is 11.3. The lowest BCUT2D eigenvalue weighted by molar-refractivity contribution is 0.395. The molecule has 8 nitrogen and oxygen atoms in total. The predicted octanol–water partition coefficient (Wildman–Crippen LogP) is 4.76. The highest BCUT2D eigenvalue weighted by atomic mass is 35.5. The molecule has 0 aliphatic heterocycles. The first kappa shape index (κ1) is 25.2. The molecule has 3 N–H and O–H groups in total. The summed E-state index contributed by atoms with van der Waals surface area (Å²) in [6.07, 6.45) is 0.727. The van der Waals surface area contributed by atoms with Crippen molar-refractivity contribution in [2.75, 3.05) is 31.4 Å². The number of hydrogen-bond donors (Lipinski definition) is 3. The summed E-state index contributed by atoms with van der Waals surface area (Å²) < 4.78 is 10.6. The molecule has 0 radical (unpaired) electrons. The molecule has 10 heteroatoms. The minimum Gasteiger partial charge on any atom is -0.497 e. The molecule has 3 rings (SSSR count). The van der Waals surface area contributed by atoms with Crippen LogP contribution in [0.3, 0.4) is 0 Å². The van der Waals surface area contributed by atoms with Crippen LogP contribution in [0.1, 0.15) is 17.0 Å². The van der Waals surface area contributed by atoms with Gasteiger partial charge in [-0.3, -0.25) is 10.3 Å². The van der Waals surface area contributed by atoms with Gasteiger partial charge in [-0.15, -0.1) is 0 Å². The van der Waals surface area contributed by atoms with Gasteiger partial charge in [0.1, 0.15) is 11.5 Å². The van der Waals surface area contributed by atoms with Crippen molar-refractivity contribution in [1.29, 1.82) is 0 Å². The molecule has 0 spiro atoms. The monoisotopic (exact) mass is 498 g/mol. The van der Waals surface area contributed by atoms with E-state index in [0.29, 0.717) is 45.8 Å². The summed E-state index contributed by atoms with van der Waals surface area (Å²) in [4.78, 5) is 13.5. The Kier molecular flexibility index (Phi) is 9.00. The van der Waals surface area contributed by atoms with Crippen molar-refractivity contribution in [2.45, 2.75) is 20.3 Å². The Balaban J connectivity index is 1.75. The molecule has 0 unspecified atom stereocenters. The SMILES string of the molecule is COc1cc(NC(=S)NC(=NCCc2ccc(Cl)cc2)Nc2nc(C)cc(C)n2)cc(OC)c1. The van der Waals surface area contributed by atoms with Gasteiger partial charge in [0.15, 0.2) is 5.11 Å². The van der Waals surface area contributed by atoms with E-state index in [0.717, 1.165) is 23.4 Å². The number of rotatable bonds is 7. The van der Waals surface area contributed by atoms with Crippen LogP contribution in [0.4, 0.5) is 11.6 Å². The molecule has 2 aromatic carbocycles. The number of aryl methyl sites for hydroxylation is 2. The van der Waals surface area contributed by atoms with E-state index in [1.807, 2.05) is 56.3 Å². The molecular weight excluding hydrogens is 472 g/mol. The quantitative estimate of drug-likeness (QED) is 0.244. The Labute approximate surface area is 209 Å². The Bertz CT molecular complexity index is 1130. The molecule has 1 aromatic heterocycles. The fourth-order valence-corrected chi connectivity index (χ4v) is 3.44. The molecule has 0 saturated carbocycles. The smallest absolute Gasteiger partial charge is 0.229 e. The van der Waals surface area contributed by atoms with E-state index < -0.39 is 0 Å². The van der Waals surface area contributed by atoms with Crippen molar-refractivity contribution in [3.63, 3.8) is 0 Å². The normalized spacial score (nSPS) is 11.0. The lowest BCUT2D eigenvalue weighted by Crippen LogP contribution is -2.39. The van der Waals surface area contributed by atoms with Crippen LogP contribution < -0.4 is 25.4 Å². The number of methoxy groups -OCH3 is 2. The molecule has 3 aromatic rings. The van der Waals surface area contributed by atoms with Crippen LogP contribution in [0.15, 0.2) is 53.5 Å². The third-order valence-electron chi connectivity index (χ3n) is 4.64. The number of halogens is 1. The van der Waals surface area contributed by atoms with Gasteiger partial charge in [-0.1, -0.05) is 23.7 Å². The van der Waals surface area contributed by atoms with E-state index in [9.17, 15) is 0 Å². The van der Waals surface area contributed by atoms with Gasteiger partial charge in [0, 0.05) is 46.8 Å². The van der Waals surface area contributed by atoms with E-state index in [1.54, 1.807) is 20.3 Å². The number of aliphatic imine (C=N–C) groups is 1. The fraction of sp³-hybridized carbons (Fsp3) is 0.250. The van der Waals surface area contributed by atoms with Crippen molar-refractivity contribution in [2.24, 2.45) is 4.99 Å². The van der Waals surface area contributed by atoms with E-state index in [4.69, 9.17) is 33.3 Å². The number of nitrogens with zero attached hydrogens (tertiary/aromatic N) is 3. The standard InChI is InChI=1S/C24H27ClN6O2S/c1-15-11-16(2)28-23(27-15)30-22(26-10-9-17-5-7-18(25)8-6-17)31-24(34)29-19-12-20(32-3)14-21(13-19)33-4/h5-8,11-14H,9-10H2,1-4H3,(H3,26,27,28,29,30,31,34). The second kappa shape index (κ2) is 12.2. The molecule has 1 heterocycles. The van der Waals surface area contributed by atoms with E-state index >= 15 is 0 Å². The van der Waals surface area contributed by atoms with E-state index in [1.165, 1.54) is 0 Å². The highest BCUT2D eigenvalue weighted by Crippen LogP contribution is 2.25. The minimum absolute atomic E-state index is 0.331. The lowest BCUT2D eigenvalue weighted by atomic mass is 10.1. The van der Waals surface area contributed by atoms with Crippen molar-refractivity contribution < 1.29 is 9.47 Å². The van der Waals surface area contributed by atoms with Gasteiger partial charge in [-0.2, -0.15) is 0 Å². The topological polar surface area (TPSA) is 92.7 Å². The molecule has 34 heavy (non-hydrogen) atoms. The number of hydrogen-bond acceptors (Lipinski definition) is 6. The zero-order valence-electron chi connectivity index (χ0n) is 19.5. The molecule has 0 fully saturated rings. The van der Waals surface area contributed by atoms with Crippen molar-refractivity contribution in [3.05, 3.63) is 70.5 Å². The summed E-state index contributed by atoms with van der Waals surface area (Å²) in [6.45, 7) is 4.33. The maximum absolute atomic E-state index is 5.98. The molecule has 0 saturated heterocycles. The summed E-state index contributed by atoms with van der Waals surface area (Å²) >= 11 is 11.5. The third kappa shape index (κ3) is 7.86. The van der Waals surface area contributed by atoms with Crippen LogP contribution in [0.25, 0.3) is 0 Å². The maximum atomic E-state index is 5.98. The second-order valence-corrected chi connectivity index (χ2v) is 8.23. The highest BCUT2D eigenvalue weighted by Gasteiger charge is 2.09. The summed E-state index contributed by atoms with van der Waals surface area (Å²) in [7, 11) is 3.18. The molecule has 0 atom stereocenters. The third-order valence-corrected chi connectivity index (χ3v) is 5.09. The van der Waals surface area contributed by atoms with Crippen LogP contribution in [-0.4, -0.2) is 41.8 Å². The van der Waals surface area contributed by atoms with Crippen LogP contribution in [0.5, 0.6) is 11.5 Å². The summed E-state index contributed by atoms with van der Waals surface area (Å²) in [5.74, 6) is 2.14. The second-order valence-electron chi connectivity index (χ2n) is 7.39. The molecular formula is C24H27ClN6O2S. The van der Waals surface area contributed by atoms with Gasteiger partial charge in [0.05, 0.1) is 14.2 Å². The van der Waals surface area contributed by atoms with Crippen LogP contribution in [-0.2, 0) is 6.42 Å². The van der Waals surface area contributed by atoms with E-state index in [2.05, 4.69) is 30.9 Å². The Hall–Kier alpha value is -3.43. The molecule has 0 aliphatic carbocycles. The highest BCUT2D eigenvalue weighted by molar-refractivity contribution is 7.80.